The lowest BCUT2D eigenvalue weighted by Gasteiger charge is -2.07. The summed E-state index contributed by atoms with van der Waals surface area (Å²) in [6, 6.07) is 8.85. The van der Waals surface area contributed by atoms with Gasteiger partial charge in [-0.2, -0.15) is 0 Å². The fraction of sp³-hybridized carbons (Fsp3) is 0.0526. The molecule has 0 saturated carbocycles. The third-order valence-electron chi connectivity index (χ3n) is 3.37. The van der Waals surface area contributed by atoms with Gasteiger partial charge in [0.2, 0.25) is 0 Å². The summed E-state index contributed by atoms with van der Waals surface area (Å²) in [7, 11) is 0. The van der Waals surface area contributed by atoms with Crippen molar-refractivity contribution < 1.29 is 8.22 Å². The van der Waals surface area contributed by atoms with Crippen LogP contribution in [0.1, 0.15) is 13.8 Å². The van der Waals surface area contributed by atoms with Crippen LogP contribution in [0.3, 0.4) is 0 Å². The second-order valence-corrected chi connectivity index (χ2v) is 5.65. The van der Waals surface area contributed by atoms with E-state index < -0.39 is 0 Å². The largest absolute Gasteiger partial charge is 0.135 e. The summed E-state index contributed by atoms with van der Waals surface area (Å²) in [5.74, 6) is 0. The normalized spacial score (nSPS) is 15.4. The summed E-state index contributed by atoms with van der Waals surface area (Å²) in [5, 5.41) is 0.776. The summed E-state index contributed by atoms with van der Waals surface area (Å²) >= 11 is 1.27. The van der Waals surface area contributed by atoms with Gasteiger partial charge in [-0.15, -0.1) is 11.3 Å². The van der Waals surface area contributed by atoms with E-state index in [1.54, 1.807) is 0 Å². The van der Waals surface area contributed by atoms with Crippen molar-refractivity contribution in [2.75, 3.05) is 0 Å². The molecule has 0 fully saturated rings. The lowest BCUT2D eigenvalue weighted by Crippen LogP contribution is -1.83. The predicted molar refractivity (Wildman–Crippen MR) is 89.5 cm³/mol. The van der Waals surface area contributed by atoms with Crippen LogP contribution in [-0.2, 0) is 0 Å². The van der Waals surface area contributed by atoms with Crippen molar-refractivity contribution >= 4 is 31.5 Å². The summed E-state index contributed by atoms with van der Waals surface area (Å²) in [5.41, 5.74) is 2.40. The van der Waals surface area contributed by atoms with E-state index in [2.05, 4.69) is 0 Å². The third-order valence-corrected chi connectivity index (χ3v) is 4.50. The molecular weight excluding hydrogens is 260 g/mol. The Morgan fingerprint density at radius 1 is 0.900 bits per heavy atom. The van der Waals surface area contributed by atoms with Crippen LogP contribution in [0.4, 0.5) is 0 Å². The lowest BCUT2D eigenvalue weighted by molar-refractivity contribution is 1.50. The molecule has 0 amide bonds. The second-order valence-electron chi connectivity index (χ2n) is 4.63. The van der Waals surface area contributed by atoms with Crippen LogP contribution in [-0.4, -0.2) is 0 Å². The maximum Gasteiger partial charge on any atom is 0.0638 e. The second kappa shape index (κ2) is 4.46. The number of hydrogen-bond donors (Lipinski definition) is 0. The Hall–Kier alpha value is -2.12. The van der Waals surface area contributed by atoms with Crippen LogP contribution in [0.2, 0.25) is 0 Å². The molecule has 0 nitrogen and oxygen atoms in total. The highest BCUT2D eigenvalue weighted by Gasteiger charge is 2.11. The molecule has 20 heavy (non-hydrogen) atoms. The maximum absolute atomic E-state index is 8.44. The molecule has 0 atom stereocenters. The van der Waals surface area contributed by atoms with Gasteiger partial charge in [0.25, 0.3) is 0 Å². The zero-order valence-corrected chi connectivity index (χ0v) is 11.6. The molecule has 0 radical (unpaired) electrons. The van der Waals surface area contributed by atoms with Gasteiger partial charge in [-0.25, -0.2) is 0 Å². The van der Waals surface area contributed by atoms with E-state index in [0.717, 1.165) is 15.8 Å². The topological polar surface area (TPSA) is 0 Å². The van der Waals surface area contributed by atoms with Crippen molar-refractivity contribution in [2.45, 2.75) is 6.92 Å². The number of rotatable bonds is 1. The Kier molecular flexibility index (Phi) is 1.57. The summed E-state index contributed by atoms with van der Waals surface area (Å²) < 4.78 is 50.4. The third kappa shape index (κ3) is 1.67. The Labute approximate surface area is 130 Å². The predicted octanol–water partition coefficient (Wildman–Crippen LogP) is 6.03. The minimum atomic E-state index is -0.310. The van der Waals surface area contributed by atoms with E-state index in [9.17, 15) is 0 Å². The van der Waals surface area contributed by atoms with E-state index in [4.69, 9.17) is 8.22 Å². The van der Waals surface area contributed by atoms with Crippen molar-refractivity contribution in [1.29, 1.82) is 0 Å². The van der Waals surface area contributed by atoms with Gasteiger partial charge in [-0.05, 0) is 24.1 Å². The standard InChI is InChI=1S/C19H14S/c1-13-11-12-16-15-9-5-6-10-17(15)20-19(16)18(13)14-7-3-2-4-8-14/h2-12H,1H3/i5D,6D,9D,10D,11D,12D. The fourth-order valence-electron chi connectivity index (χ4n) is 2.46. The summed E-state index contributed by atoms with van der Waals surface area (Å²) in [4.78, 5) is 0. The quantitative estimate of drug-likeness (QED) is 0.399. The SMILES string of the molecule is [2H]c1c([2H])c([2H])c2c(sc3c(-c4ccccc4)c(C)c([2H])c([2H])c32)c1[2H]. The van der Waals surface area contributed by atoms with Gasteiger partial charge < -0.3 is 0 Å². The molecule has 0 spiro atoms. The molecule has 0 aliphatic rings. The molecular formula is C19H14S. The van der Waals surface area contributed by atoms with Crippen molar-refractivity contribution in [3.05, 3.63) is 72.1 Å². The molecule has 1 heteroatoms. The van der Waals surface area contributed by atoms with Crippen molar-refractivity contribution in [3.8, 4) is 11.1 Å². The lowest BCUT2D eigenvalue weighted by atomic mass is 9.98. The van der Waals surface area contributed by atoms with Gasteiger partial charge in [0.05, 0.1) is 8.22 Å². The number of fused-ring (bicyclic) bond motifs is 3. The molecule has 0 aliphatic heterocycles. The fourth-order valence-corrected chi connectivity index (χ4v) is 3.65. The minimum absolute atomic E-state index is 0.00783. The van der Waals surface area contributed by atoms with E-state index in [0.29, 0.717) is 21.0 Å². The molecule has 3 aromatic carbocycles. The first kappa shape index (κ1) is 7.05. The monoisotopic (exact) mass is 280 g/mol. The first-order valence-electron chi connectivity index (χ1n) is 9.32. The minimum Gasteiger partial charge on any atom is -0.135 e. The van der Waals surface area contributed by atoms with E-state index in [1.807, 2.05) is 37.3 Å². The highest BCUT2D eigenvalue weighted by molar-refractivity contribution is 7.26. The highest BCUT2D eigenvalue weighted by atomic mass is 32.1. The number of hydrogen-bond acceptors (Lipinski definition) is 1. The van der Waals surface area contributed by atoms with Gasteiger partial charge in [0.15, 0.2) is 0 Å². The van der Waals surface area contributed by atoms with Gasteiger partial charge in [-0.3, -0.25) is 0 Å². The smallest absolute Gasteiger partial charge is 0.0638 e. The number of benzene rings is 3. The summed E-state index contributed by atoms with van der Waals surface area (Å²) in [6.45, 7) is 1.81. The van der Waals surface area contributed by atoms with Gasteiger partial charge >= 0.3 is 0 Å². The Bertz CT molecular complexity index is 1190. The molecule has 1 aromatic heterocycles. The van der Waals surface area contributed by atoms with Crippen LogP contribution < -0.4 is 0 Å². The maximum atomic E-state index is 8.44. The van der Waals surface area contributed by atoms with Crippen LogP contribution in [0.5, 0.6) is 0 Å². The van der Waals surface area contributed by atoms with Crippen LogP contribution >= 0.6 is 11.3 Å². The Morgan fingerprint density at radius 3 is 2.55 bits per heavy atom. The van der Waals surface area contributed by atoms with Crippen LogP contribution in [0, 0.1) is 6.92 Å². The van der Waals surface area contributed by atoms with Crippen molar-refractivity contribution in [2.24, 2.45) is 0 Å². The molecule has 0 saturated heterocycles. The van der Waals surface area contributed by atoms with Crippen LogP contribution in [0.15, 0.2) is 66.6 Å². The molecule has 96 valence electrons. The zero-order valence-electron chi connectivity index (χ0n) is 16.8. The Balaban J connectivity index is 2.32. The first-order chi connectivity index (χ1) is 12.3. The van der Waals surface area contributed by atoms with Crippen molar-refractivity contribution in [1.82, 2.24) is 0 Å². The van der Waals surface area contributed by atoms with Crippen molar-refractivity contribution in [3.63, 3.8) is 0 Å². The molecule has 0 N–H and O–H groups in total. The van der Waals surface area contributed by atoms with Gasteiger partial charge in [0, 0.05) is 25.7 Å². The molecule has 4 aromatic rings. The Morgan fingerprint density at radius 2 is 1.70 bits per heavy atom. The molecule has 0 bridgehead atoms. The van der Waals surface area contributed by atoms with Gasteiger partial charge in [0.1, 0.15) is 0 Å². The molecule has 4 rings (SSSR count). The first-order valence-corrected chi connectivity index (χ1v) is 7.14. The average Bonchev–Trinajstić information content (AvgIpc) is 3.04. The molecule has 0 unspecified atom stereocenters. The highest BCUT2D eigenvalue weighted by Crippen LogP contribution is 2.41. The van der Waals surface area contributed by atoms with E-state index in [1.165, 1.54) is 11.3 Å². The zero-order chi connectivity index (χ0) is 18.7. The van der Waals surface area contributed by atoms with E-state index >= 15 is 0 Å². The number of thiophene rings is 1. The molecule has 0 aliphatic carbocycles. The molecule has 1 heterocycles. The van der Waals surface area contributed by atoms with Gasteiger partial charge in [-0.1, -0.05) is 60.5 Å². The van der Waals surface area contributed by atoms with E-state index in [-0.39, 0.29) is 36.3 Å². The van der Waals surface area contributed by atoms with Crippen LogP contribution in [0.25, 0.3) is 31.3 Å². The average molecular weight is 280 g/mol. The summed E-state index contributed by atoms with van der Waals surface area (Å²) in [6.07, 6.45) is 0.